The fraction of sp³-hybridized carbons (Fsp3) is 0.400. The molecule has 2 rings (SSSR count). The van der Waals surface area contributed by atoms with Crippen molar-refractivity contribution in [3.63, 3.8) is 0 Å². The first-order valence-corrected chi connectivity index (χ1v) is 6.64. The van der Waals surface area contributed by atoms with E-state index in [1.807, 2.05) is 6.92 Å². The molecule has 0 aliphatic carbocycles. The monoisotopic (exact) mass is 275 g/mol. The van der Waals surface area contributed by atoms with E-state index >= 15 is 0 Å². The summed E-state index contributed by atoms with van der Waals surface area (Å²) in [6.07, 6.45) is 0.651. The van der Waals surface area contributed by atoms with Gasteiger partial charge in [-0.25, -0.2) is 4.79 Å². The summed E-state index contributed by atoms with van der Waals surface area (Å²) in [7, 11) is 0. The molecule has 0 radical (unpaired) electrons. The molecule has 0 saturated carbocycles. The Bertz CT molecular complexity index is 567. The minimum absolute atomic E-state index is 0.0716. The number of fused-ring (bicyclic) bond motifs is 1. The summed E-state index contributed by atoms with van der Waals surface area (Å²) in [5.41, 5.74) is 1.08. The molecule has 1 aromatic carbocycles. The van der Waals surface area contributed by atoms with Crippen molar-refractivity contribution in [2.45, 2.75) is 32.7 Å². The number of hydrogen-bond donors (Lipinski definition) is 1. The molecule has 1 heterocycles. The molecule has 1 aromatic rings. The van der Waals surface area contributed by atoms with Crippen LogP contribution in [-0.2, 0) is 16.0 Å². The smallest absolute Gasteiger partial charge is 0.327 e. The zero-order valence-electron chi connectivity index (χ0n) is 11.5. The van der Waals surface area contributed by atoms with Gasteiger partial charge in [0, 0.05) is 5.56 Å². The summed E-state index contributed by atoms with van der Waals surface area (Å²) >= 11 is 0. The van der Waals surface area contributed by atoms with Crippen LogP contribution in [0.25, 0.3) is 0 Å². The van der Waals surface area contributed by atoms with E-state index in [-0.39, 0.29) is 12.3 Å². The number of hydrogen-bond acceptors (Lipinski definition) is 3. The van der Waals surface area contributed by atoms with Gasteiger partial charge in [0.1, 0.15) is 6.04 Å². The van der Waals surface area contributed by atoms with Gasteiger partial charge in [0.15, 0.2) is 0 Å². The molecule has 0 spiro atoms. The number of rotatable bonds is 4. The van der Waals surface area contributed by atoms with Gasteiger partial charge in [-0.05, 0) is 17.5 Å². The number of imide groups is 1. The number of carboxylic acids is 1. The highest BCUT2D eigenvalue weighted by Crippen LogP contribution is 2.25. The topological polar surface area (TPSA) is 74.7 Å². The molecule has 0 saturated heterocycles. The lowest BCUT2D eigenvalue weighted by molar-refractivity contribution is -0.150. The van der Waals surface area contributed by atoms with Crippen LogP contribution >= 0.6 is 0 Å². The molecule has 0 aromatic heterocycles. The third-order valence-electron chi connectivity index (χ3n) is 3.79. The van der Waals surface area contributed by atoms with Crippen molar-refractivity contribution >= 4 is 17.8 Å². The average molecular weight is 275 g/mol. The Morgan fingerprint density at radius 3 is 2.60 bits per heavy atom. The van der Waals surface area contributed by atoms with Crippen LogP contribution in [0, 0.1) is 5.92 Å². The summed E-state index contributed by atoms with van der Waals surface area (Å²) in [5.74, 6) is -2.38. The van der Waals surface area contributed by atoms with E-state index in [0.717, 1.165) is 4.90 Å². The van der Waals surface area contributed by atoms with Crippen LogP contribution in [0.5, 0.6) is 0 Å². The van der Waals surface area contributed by atoms with Gasteiger partial charge in [-0.1, -0.05) is 38.5 Å². The summed E-state index contributed by atoms with van der Waals surface area (Å²) in [6, 6.07) is 5.73. The van der Waals surface area contributed by atoms with E-state index in [2.05, 4.69) is 0 Å². The fourth-order valence-electron chi connectivity index (χ4n) is 2.49. The lowest BCUT2D eigenvalue weighted by Crippen LogP contribution is -2.54. The Labute approximate surface area is 117 Å². The number of aliphatic carboxylic acids is 1. The zero-order valence-corrected chi connectivity index (χ0v) is 11.5. The molecular formula is C15H17NO4. The molecule has 0 fully saturated rings. The van der Waals surface area contributed by atoms with Gasteiger partial charge in [-0.2, -0.15) is 0 Å². The molecule has 1 N–H and O–H groups in total. The highest BCUT2D eigenvalue weighted by Gasteiger charge is 2.41. The van der Waals surface area contributed by atoms with E-state index in [9.17, 15) is 19.5 Å². The number of benzene rings is 1. The van der Waals surface area contributed by atoms with Gasteiger partial charge < -0.3 is 5.11 Å². The Kier molecular flexibility index (Phi) is 3.88. The standard InChI is InChI=1S/C15H17NO4/c1-3-9(2)13(15(19)20)16-12(17)8-10-6-4-5-7-11(10)14(16)18/h4-7,9,13H,3,8H2,1-2H3,(H,19,20). The Balaban J connectivity index is 2.44. The maximum atomic E-state index is 12.4. The Morgan fingerprint density at radius 1 is 1.35 bits per heavy atom. The summed E-state index contributed by atoms with van der Waals surface area (Å²) in [6.45, 7) is 3.58. The Hall–Kier alpha value is -2.17. The van der Waals surface area contributed by atoms with Crippen molar-refractivity contribution in [2.24, 2.45) is 5.92 Å². The first-order valence-electron chi connectivity index (χ1n) is 6.64. The second kappa shape index (κ2) is 5.45. The van der Waals surface area contributed by atoms with E-state index in [1.165, 1.54) is 0 Å². The first kappa shape index (κ1) is 14.2. The molecular weight excluding hydrogens is 258 g/mol. The molecule has 5 heteroatoms. The fourth-order valence-corrected chi connectivity index (χ4v) is 2.49. The predicted molar refractivity (Wildman–Crippen MR) is 72.2 cm³/mol. The van der Waals surface area contributed by atoms with Gasteiger partial charge in [0.25, 0.3) is 5.91 Å². The largest absolute Gasteiger partial charge is 0.480 e. The molecule has 106 valence electrons. The predicted octanol–water partition coefficient (Wildman–Crippen LogP) is 1.71. The van der Waals surface area contributed by atoms with Gasteiger partial charge in [0.2, 0.25) is 5.91 Å². The molecule has 5 nitrogen and oxygen atoms in total. The number of nitrogens with zero attached hydrogens (tertiary/aromatic N) is 1. The van der Waals surface area contributed by atoms with Crippen LogP contribution in [0.4, 0.5) is 0 Å². The highest BCUT2D eigenvalue weighted by molar-refractivity contribution is 6.11. The van der Waals surface area contributed by atoms with Crippen LogP contribution in [0.3, 0.4) is 0 Å². The maximum Gasteiger partial charge on any atom is 0.327 e. The SMILES string of the molecule is CCC(C)C(C(=O)O)N1C(=O)Cc2ccccc2C1=O. The van der Waals surface area contributed by atoms with Crippen molar-refractivity contribution < 1.29 is 19.5 Å². The molecule has 20 heavy (non-hydrogen) atoms. The minimum atomic E-state index is -1.14. The average Bonchev–Trinajstić information content (AvgIpc) is 2.42. The lowest BCUT2D eigenvalue weighted by atomic mass is 9.92. The van der Waals surface area contributed by atoms with E-state index in [4.69, 9.17) is 0 Å². The summed E-state index contributed by atoms with van der Waals surface area (Å²) in [4.78, 5) is 37.0. The first-order chi connectivity index (χ1) is 9.47. The lowest BCUT2D eigenvalue weighted by Gasteiger charge is -2.34. The van der Waals surface area contributed by atoms with E-state index in [0.29, 0.717) is 17.5 Å². The van der Waals surface area contributed by atoms with Crippen molar-refractivity contribution in [2.75, 3.05) is 0 Å². The molecule has 2 unspecified atom stereocenters. The van der Waals surface area contributed by atoms with E-state index < -0.39 is 23.8 Å². The molecule has 2 amide bonds. The number of amides is 2. The van der Waals surface area contributed by atoms with Gasteiger partial charge in [-0.15, -0.1) is 0 Å². The van der Waals surface area contributed by atoms with Gasteiger partial charge in [0.05, 0.1) is 6.42 Å². The number of carbonyl (C=O) groups is 3. The highest BCUT2D eigenvalue weighted by atomic mass is 16.4. The molecule has 0 bridgehead atoms. The maximum absolute atomic E-state index is 12.4. The second-order valence-corrected chi connectivity index (χ2v) is 5.07. The molecule has 1 aliphatic rings. The third kappa shape index (κ3) is 2.31. The van der Waals surface area contributed by atoms with Crippen LogP contribution in [0.2, 0.25) is 0 Å². The zero-order chi connectivity index (χ0) is 14.9. The molecule has 2 atom stereocenters. The minimum Gasteiger partial charge on any atom is -0.480 e. The van der Waals surface area contributed by atoms with Crippen molar-refractivity contribution in [3.05, 3.63) is 35.4 Å². The van der Waals surface area contributed by atoms with Crippen LogP contribution < -0.4 is 0 Å². The molecule has 1 aliphatic heterocycles. The van der Waals surface area contributed by atoms with Crippen molar-refractivity contribution in [1.82, 2.24) is 4.90 Å². The van der Waals surface area contributed by atoms with E-state index in [1.54, 1.807) is 31.2 Å². The van der Waals surface area contributed by atoms with Crippen LogP contribution in [0.1, 0.15) is 36.2 Å². The van der Waals surface area contributed by atoms with Crippen LogP contribution in [-0.4, -0.2) is 33.8 Å². The number of carbonyl (C=O) groups excluding carboxylic acids is 2. The third-order valence-corrected chi connectivity index (χ3v) is 3.79. The summed E-state index contributed by atoms with van der Waals surface area (Å²) < 4.78 is 0. The van der Waals surface area contributed by atoms with Crippen LogP contribution in [0.15, 0.2) is 24.3 Å². The quantitative estimate of drug-likeness (QED) is 0.849. The van der Waals surface area contributed by atoms with Crippen molar-refractivity contribution in [1.29, 1.82) is 0 Å². The van der Waals surface area contributed by atoms with Gasteiger partial charge in [-0.3, -0.25) is 14.5 Å². The van der Waals surface area contributed by atoms with Crippen molar-refractivity contribution in [3.8, 4) is 0 Å². The van der Waals surface area contributed by atoms with Gasteiger partial charge >= 0.3 is 5.97 Å². The Morgan fingerprint density at radius 2 is 2.00 bits per heavy atom. The summed E-state index contributed by atoms with van der Waals surface area (Å²) in [5, 5.41) is 9.36. The normalized spacial score (nSPS) is 17.6. The second-order valence-electron chi connectivity index (χ2n) is 5.07. The number of carboxylic acid groups (broad SMARTS) is 1.